The maximum atomic E-state index is 13.9. The first-order valence-corrected chi connectivity index (χ1v) is 12.1. The van der Waals surface area contributed by atoms with E-state index in [1.54, 1.807) is 6.92 Å². The van der Waals surface area contributed by atoms with Crippen molar-refractivity contribution < 1.29 is 27.9 Å². The van der Waals surface area contributed by atoms with Gasteiger partial charge < -0.3 is 20.3 Å². The highest BCUT2D eigenvalue weighted by atomic mass is 35.5. The Morgan fingerprint density at radius 2 is 2.08 bits per heavy atom. The molecule has 0 bridgehead atoms. The van der Waals surface area contributed by atoms with Crippen LogP contribution in [0.25, 0.3) is 0 Å². The van der Waals surface area contributed by atoms with Gasteiger partial charge >= 0.3 is 0 Å². The van der Waals surface area contributed by atoms with E-state index in [9.17, 15) is 27.9 Å². The SMILES string of the molecule is Cc1c(C(O)C(=O)NC2(c3cn[nH]n3)CC(F)(F)C2)c2n(c1C(=O)Nc1ccc(F)c(Cl)c1)[C@@H]1C[C@@H]1C2. The fourth-order valence-corrected chi connectivity index (χ4v) is 6.00. The van der Waals surface area contributed by atoms with Gasteiger partial charge in [-0.1, -0.05) is 11.6 Å². The van der Waals surface area contributed by atoms with Gasteiger partial charge in [0, 0.05) is 35.8 Å². The first-order chi connectivity index (χ1) is 17.5. The van der Waals surface area contributed by atoms with Gasteiger partial charge in [-0.2, -0.15) is 15.4 Å². The van der Waals surface area contributed by atoms with Crippen molar-refractivity contribution in [3.8, 4) is 0 Å². The van der Waals surface area contributed by atoms with E-state index in [0.717, 1.165) is 12.5 Å². The van der Waals surface area contributed by atoms with Crippen LogP contribution in [0, 0.1) is 18.7 Å². The van der Waals surface area contributed by atoms with Crippen molar-refractivity contribution in [3.63, 3.8) is 0 Å². The van der Waals surface area contributed by atoms with Gasteiger partial charge in [0.1, 0.15) is 17.2 Å². The Kier molecular flexibility index (Phi) is 5.22. The number of aliphatic hydroxyl groups is 1. The maximum absolute atomic E-state index is 13.9. The molecule has 3 aliphatic rings. The molecule has 2 aromatic heterocycles. The molecule has 9 nitrogen and oxygen atoms in total. The zero-order chi connectivity index (χ0) is 26.3. The van der Waals surface area contributed by atoms with Gasteiger partial charge in [0.05, 0.1) is 16.8 Å². The number of hydrogen-bond acceptors (Lipinski definition) is 5. The summed E-state index contributed by atoms with van der Waals surface area (Å²) in [6.07, 6.45) is -0.325. The van der Waals surface area contributed by atoms with E-state index in [1.807, 2.05) is 4.57 Å². The van der Waals surface area contributed by atoms with E-state index >= 15 is 0 Å². The Morgan fingerprint density at radius 1 is 1.32 bits per heavy atom. The second-order valence-corrected chi connectivity index (χ2v) is 10.5. The van der Waals surface area contributed by atoms with Crippen LogP contribution >= 0.6 is 11.6 Å². The maximum Gasteiger partial charge on any atom is 0.272 e. The Hall–Kier alpha value is -3.38. The normalized spacial score (nSPS) is 23.0. The van der Waals surface area contributed by atoms with Gasteiger partial charge in [0.2, 0.25) is 0 Å². The topological polar surface area (TPSA) is 125 Å². The highest BCUT2D eigenvalue weighted by Gasteiger charge is 2.60. The minimum atomic E-state index is -2.99. The Morgan fingerprint density at radius 3 is 2.73 bits per heavy atom. The molecule has 0 spiro atoms. The molecule has 3 aromatic rings. The lowest BCUT2D eigenvalue weighted by atomic mass is 9.71. The number of H-pyrrole nitrogens is 1. The molecule has 1 unspecified atom stereocenters. The number of halogens is 4. The number of alkyl halides is 2. The summed E-state index contributed by atoms with van der Waals surface area (Å²) in [6.45, 7) is 1.63. The number of carbonyl (C=O) groups is 2. The predicted molar refractivity (Wildman–Crippen MR) is 125 cm³/mol. The molecule has 2 fully saturated rings. The second-order valence-electron chi connectivity index (χ2n) is 10.1. The number of fused-ring (bicyclic) bond motifs is 3. The number of nitrogens with one attached hydrogen (secondary N) is 3. The molecule has 2 amide bonds. The molecule has 13 heteroatoms. The number of aromatic amines is 1. The summed E-state index contributed by atoms with van der Waals surface area (Å²) in [5.74, 6) is -4.67. The fraction of sp³-hybridized carbons (Fsp3) is 0.417. The summed E-state index contributed by atoms with van der Waals surface area (Å²) >= 11 is 5.84. The average Bonchev–Trinajstić information content (AvgIpc) is 3.13. The molecule has 1 aliphatic heterocycles. The molecule has 0 saturated heterocycles. The van der Waals surface area contributed by atoms with Crippen molar-refractivity contribution in [3.05, 3.63) is 63.4 Å². The number of anilines is 1. The van der Waals surface area contributed by atoms with Gasteiger partial charge in [-0.3, -0.25) is 9.59 Å². The first-order valence-electron chi connectivity index (χ1n) is 11.7. The molecule has 3 atom stereocenters. The van der Waals surface area contributed by atoms with Crippen LogP contribution in [0.2, 0.25) is 5.02 Å². The van der Waals surface area contributed by atoms with E-state index < -0.39 is 48.0 Å². The number of rotatable bonds is 6. The highest BCUT2D eigenvalue weighted by molar-refractivity contribution is 6.31. The minimum Gasteiger partial charge on any atom is -0.378 e. The molecule has 6 rings (SSSR count). The van der Waals surface area contributed by atoms with E-state index in [1.165, 1.54) is 18.3 Å². The zero-order valence-electron chi connectivity index (χ0n) is 19.5. The first kappa shape index (κ1) is 24.0. The summed E-state index contributed by atoms with van der Waals surface area (Å²) in [5, 5.41) is 26.2. The minimum absolute atomic E-state index is 0.0714. The highest BCUT2D eigenvalue weighted by Crippen LogP contribution is 2.55. The van der Waals surface area contributed by atoms with E-state index in [2.05, 4.69) is 26.0 Å². The van der Waals surface area contributed by atoms with Crippen molar-refractivity contribution >= 4 is 29.1 Å². The van der Waals surface area contributed by atoms with Gasteiger partial charge in [-0.25, -0.2) is 13.2 Å². The lowest BCUT2D eigenvalue weighted by molar-refractivity contribution is -0.155. The molecular weight excluding hydrogens is 513 g/mol. The van der Waals surface area contributed by atoms with Crippen LogP contribution in [0.3, 0.4) is 0 Å². The average molecular weight is 535 g/mol. The van der Waals surface area contributed by atoms with Crippen LogP contribution in [0.5, 0.6) is 0 Å². The number of amides is 2. The lowest BCUT2D eigenvalue weighted by Crippen LogP contribution is -2.60. The predicted octanol–water partition coefficient (Wildman–Crippen LogP) is 3.55. The van der Waals surface area contributed by atoms with Crippen LogP contribution in [-0.4, -0.2) is 42.8 Å². The van der Waals surface area contributed by atoms with Crippen LogP contribution in [0.1, 0.15) is 64.4 Å². The molecular formula is C24H22ClF3N6O3. The molecule has 2 aliphatic carbocycles. The smallest absolute Gasteiger partial charge is 0.272 e. The van der Waals surface area contributed by atoms with Crippen molar-refractivity contribution in [1.29, 1.82) is 0 Å². The summed E-state index contributed by atoms with van der Waals surface area (Å²) in [7, 11) is 0. The molecule has 37 heavy (non-hydrogen) atoms. The second kappa shape index (κ2) is 8.06. The lowest BCUT2D eigenvalue weighted by Gasteiger charge is -2.46. The van der Waals surface area contributed by atoms with Crippen LogP contribution < -0.4 is 10.6 Å². The van der Waals surface area contributed by atoms with E-state index in [-0.39, 0.29) is 33.7 Å². The standard InChI is InChI=1S/C24H22ClF3N6O3/c1-10-18(20(35)22(37)31-23(8-24(27,28)9-23)17-7-29-33-32-17)16-5-11-4-15(11)34(16)19(10)21(36)30-12-2-3-14(26)13(25)6-12/h2-3,6-7,11,15,20,35H,4-5,8-9H2,1H3,(H,30,36)(H,31,37)(H,29,32,33)/t11-,15-,20?/m1/s1. The Labute approximate surface area is 213 Å². The van der Waals surface area contributed by atoms with Crippen molar-refractivity contribution in [1.82, 2.24) is 25.3 Å². The molecule has 3 heterocycles. The molecule has 1 aromatic carbocycles. The van der Waals surface area contributed by atoms with Gasteiger partial charge in [-0.15, -0.1) is 0 Å². The summed E-state index contributed by atoms with van der Waals surface area (Å²) < 4.78 is 43.1. The zero-order valence-corrected chi connectivity index (χ0v) is 20.2. The number of aromatic nitrogens is 4. The summed E-state index contributed by atoms with van der Waals surface area (Å²) in [5.41, 5.74) is 0.614. The van der Waals surface area contributed by atoms with Crippen molar-refractivity contribution in [2.45, 2.75) is 56.2 Å². The third-order valence-electron chi connectivity index (χ3n) is 7.58. The molecule has 194 valence electrons. The van der Waals surface area contributed by atoms with E-state index in [0.29, 0.717) is 23.6 Å². The monoisotopic (exact) mass is 534 g/mol. The molecule has 2 saturated carbocycles. The van der Waals surface area contributed by atoms with Gasteiger partial charge in [-0.05, 0) is 49.4 Å². The Bertz CT molecular complexity index is 1430. The number of hydrogen-bond donors (Lipinski definition) is 4. The van der Waals surface area contributed by atoms with E-state index in [4.69, 9.17) is 11.6 Å². The quantitative estimate of drug-likeness (QED) is 0.385. The number of carbonyl (C=O) groups excluding carboxylic acids is 2. The molecule has 4 N–H and O–H groups in total. The third-order valence-corrected chi connectivity index (χ3v) is 7.87. The third kappa shape index (κ3) is 3.81. The van der Waals surface area contributed by atoms with Gasteiger partial charge in [0.15, 0.2) is 6.10 Å². The fourth-order valence-electron chi connectivity index (χ4n) is 5.82. The van der Waals surface area contributed by atoms with Crippen LogP contribution in [0.15, 0.2) is 24.4 Å². The number of benzene rings is 1. The summed E-state index contributed by atoms with van der Waals surface area (Å²) in [6, 6.07) is 3.88. The number of aliphatic hydroxyl groups excluding tert-OH is 1. The Balaban J connectivity index is 1.31. The van der Waals surface area contributed by atoms with Crippen LogP contribution in [-0.2, 0) is 16.8 Å². The largest absolute Gasteiger partial charge is 0.378 e. The van der Waals surface area contributed by atoms with Crippen molar-refractivity contribution in [2.24, 2.45) is 5.92 Å². The molecule has 0 radical (unpaired) electrons. The number of nitrogens with zero attached hydrogens (tertiary/aromatic N) is 3. The van der Waals surface area contributed by atoms with Crippen molar-refractivity contribution in [2.75, 3.05) is 5.32 Å². The summed E-state index contributed by atoms with van der Waals surface area (Å²) in [4.78, 5) is 26.5. The van der Waals surface area contributed by atoms with Gasteiger partial charge in [0.25, 0.3) is 17.7 Å². The van der Waals surface area contributed by atoms with Crippen LogP contribution in [0.4, 0.5) is 18.9 Å².